The van der Waals surface area contributed by atoms with Gasteiger partial charge in [-0.1, -0.05) is 19.3 Å². The van der Waals surface area contributed by atoms with Crippen molar-refractivity contribution in [1.82, 2.24) is 10.2 Å². The zero-order chi connectivity index (χ0) is 11.1. The summed E-state index contributed by atoms with van der Waals surface area (Å²) >= 11 is 0. The van der Waals surface area contributed by atoms with Crippen molar-refractivity contribution in [2.24, 2.45) is 11.7 Å². The van der Waals surface area contributed by atoms with Crippen LogP contribution in [0.15, 0.2) is 0 Å². The van der Waals surface area contributed by atoms with Crippen LogP contribution in [0.5, 0.6) is 0 Å². The van der Waals surface area contributed by atoms with E-state index in [1.165, 1.54) is 32.1 Å². The maximum Gasteiger partial charge on any atom is 0.0219 e. The minimum Gasteiger partial charge on any atom is -0.329 e. The largest absolute Gasteiger partial charge is 0.329 e. The van der Waals surface area contributed by atoms with Crippen molar-refractivity contribution in [2.45, 2.75) is 38.1 Å². The quantitative estimate of drug-likeness (QED) is 0.693. The highest BCUT2D eigenvalue weighted by molar-refractivity contribution is 4.80. The number of nitrogens with zero attached hydrogens (tertiary/aromatic N) is 1. The van der Waals surface area contributed by atoms with Gasteiger partial charge in [-0.15, -0.1) is 0 Å². The van der Waals surface area contributed by atoms with E-state index in [-0.39, 0.29) is 0 Å². The van der Waals surface area contributed by atoms with Crippen LogP contribution in [0, 0.1) is 5.92 Å². The van der Waals surface area contributed by atoms with Gasteiger partial charge in [-0.2, -0.15) is 0 Å². The summed E-state index contributed by atoms with van der Waals surface area (Å²) in [5, 5.41) is 3.60. The number of rotatable bonds is 6. The van der Waals surface area contributed by atoms with Gasteiger partial charge in [0.15, 0.2) is 0 Å². The number of hydrogen-bond acceptors (Lipinski definition) is 3. The van der Waals surface area contributed by atoms with Crippen LogP contribution in [-0.2, 0) is 0 Å². The molecule has 15 heavy (non-hydrogen) atoms. The van der Waals surface area contributed by atoms with Crippen molar-refractivity contribution < 1.29 is 0 Å². The highest BCUT2D eigenvalue weighted by Gasteiger charge is 2.21. The van der Waals surface area contributed by atoms with Crippen molar-refractivity contribution in [3.63, 3.8) is 0 Å². The molecule has 0 heterocycles. The van der Waals surface area contributed by atoms with Crippen molar-refractivity contribution in [1.29, 1.82) is 0 Å². The molecule has 0 aliphatic heterocycles. The van der Waals surface area contributed by atoms with Crippen LogP contribution in [-0.4, -0.2) is 44.7 Å². The Morgan fingerprint density at radius 1 is 1.27 bits per heavy atom. The normalized spacial score (nSPS) is 20.8. The molecular formula is C12H27N3. The monoisotopic (exact) mass is 213 g/mol. The Bertz CT molecular complexity index is 153. The highest BCUT2D eigenvalue weighted by Crippen LogP contribution is 2.25. The van der Waals surface area contributed by atoms with Gasteiger partial charge >= 0.3 is 0 Å². The van der Waals surface area contributed by atoms with E-state index in [1.54, 1.807) is 0 Å². The smallest absolute Gasteiger partial charge is 0.0219 e. The lowest BCUT2D eigenvalue weighted by Crippen LogP contribution is -2.45. The topological polar surface area (TPSA) is 41.3 Å². The summed E-state index contributed by atoms with van der Waals surface area (Å²) in [4.78, 5) is 2.21. The molecule has 0 radical (unpaired) electrons. The molecule has 3 heteroatoms. The minimum atomic E-state index is 0.547. The SMILES string of the molecule is CN(C)CCNC(CN)C1CCCCC1. The summed E-state index contributed by atoms with van der Waals surface area (Å²) in [7, 11) is 4.22. The van der Waals surface area contributed by atoms with Crippen LogP contribution < -0.4 is 11.1 Å². The van der Waals surface area contributed by atoms with Gasteiger partial charge in [0.1, 0.15) is 0 Å². The van der Waals surface area contributed by atoms with Gasteiger partial charge in [0.25, 0.3) is 0 Å². The Labute approximate surface area is 94.4 Å². The minimum absolute atomic E-state index is 0.547. The summed E-state index contributed by atoms with van der Waals surface area (Å²) in [5.41, 5.74) is 5.84. The Hall–Kier alpha value is -0.120. The van der Waals surface area contributed by atoms with Gasteiger partial charge in [-0.05, 0) is 32.9 Å². The first-order valence-corrected chi connectivity index (χ1v) is 6.32. The van der Waals surface area contributed by atoms with E-state index < -0.39 is 0 Å². The molecule has 1 rings (SSSR count). The van der Waals surface area contributed by atoms with E-state index in [0.717, 1.165) is 25.6 Å². The molecule has 1 aliphatic rings. The van der Waals surface area contributed by atoms with Gasteiger partial charge < -0.3 is 16.0 Å². The molecular weight excluding hydrogens is 186 g/mol. The lowest BCUT2D eigenvalue weighted by atomic mass is 9.84. The molecule has 0 saturated heterocycles. The lowest BCUT2D eigenvalue weighted by Gasteiger charge is -2.30. The first-order chi connectivity index (χ1) is 7.24. The maximum atomic E-state index is 5.84. The molecule has 90 valence electrons. The molecule has 0 aromatic heterocycles. The van der Waals surface area contributed by atoms with Crippen LogP contribution in [0.2, 0.25) is 0 Å². The van der Waals surface area contributed by atoms with Crippen molar-refractivity contribution in [3.05, 3.63) is 0 Å². The third-order valence-corrected chi connectivity index (χ3v) is 3.44. The molecule has 0 spiro atoms. The second-order valence-electron chi connectivity index (χ2n) is 5.00. The second kappa shape index (κ2) is 7.20. The Balaban J connectivity index is 2.21. The first kappa shape index (κ1) is 12.9. The molecule has 1 atom stereocenters. The van der Waals surface area contributed by atoms with Crippen molar-refractivity contribution in [3.8, 4) is 0 Å². The van der Waals surface area contributed by atoms with Crippen LogP contribution in [0.1, 0.15) is 32.1 Å². The fraction of sp³-hybridized carbons (Fsp3) is 1.00. The third kappa shape index (κ3) is 4.96. The van der Waals surface area contributed by atoms with Crippen molar-refractivity contribution >= 4 is 0 Å². The summed E-state index contributed by atoms with van der Waals surface area (Å²) in [6, 6.07) is 0.547. The van der Waals surface area contributed by atoms with E-state index in [2.05, 4.69) is 24.3 Å². The van der Waals surface area contributed by atoms with E-state index in [4.69, 9.17) is 5.73 Å². The average Bonchev–Trinajstić information content (AvgIpc) is 2.25. The average molecular weight is 213 g/mol. The third-order valence-electron chi connectivity index (χ3n) is 3.44. The fourth-order valence-electron chi connectivity index (χ4n) is 2.45. The summed E-state index contributed by atoms with van der Waals surface area (Å²) in [5.74, 6) is 0.825. The zero-order valence-electron chi connectivity index (χ0n) is 10.3. The molecule has 1 fully saturated rings. The van der Waals surface area contributed by atoms with Gasteiger partial charge in [-0.3, -0.25) is 0 Å². The maximum absolute atomic E-state index is 5.84. The lowest BCUT2D eigenvalue weighted by molar-refractivity contribution is 0.264. The highest BCUT2D eigenvalue weighted by atomic mass is 15.1. The van der Waals surface area contributed by atoms with Crippen molar-refractivity contribution in [2.75, 3.05) is 33.7 Å². The predicted octanol–water partition coefficient (Wildman–Crippen LogP) is 1.05. The van der Waals surface area contributed by atoms with Gasteiger partial charge in [0.2, 0.25) is 0 Å². The van der Waals surface area contributed by atoms with Crippen LogP contribution in [0.3, 0.4) is 0 Å². The molecule has 0 aromatic carbocycles. The number of nitrogens with two attached hydrogens (primary N) is 1. The van der Waals surface area contributed by atoms with Gasteiger partial charge in [0, 0.05) is 25.7 Å². The zero-order valence-corrected chi connectivity index (χ0v) is 10.3. The second-order valence-corrected chi connectivity index (χ2v) is 5.00. The summed E-state index contributed by atoms with van der Waals surface area (Å²) in [6.07, 6.45) is 6.96. The van der Waals surface area contributed by atoms with E-state index in [9.17, 15) is 0 Å². The molecule has 3 nitrogen and oxygen atoms in total. The molecule has 0 aromatic rings. The molecule has 1 aliphatic carbocycles. The van der Waals surface area contributed by atoms with Gasteiger partial charge in [-0.25, -0.2) is 0 Å². The molecule has 0 bridgehead atoms. The summed E-state index contributed by atoms with van der Waals surface area (Å²) in [6.45, 7) is 2.95. The summed E-state index contributed by atoms with van der Waals surface area (Å²) < 4.78 is 0. The standard InChI is InChI=1S/C12H27N3/c1-15(2)9-8-14-12(10-13)11-6-4-3-5-7-11/h11-12,14H,3-10,13H2,1-2H3. The molecule has 1 saturated carbocycles. The van der Waals surface area contributed by atoms with Crippen LogP contribution >= 0.6 is 0 Å². The molecule has 1 unspecified atom stereocenters. The van der Waals surface area contributed by atoms with Crippen LogP contribution in [0.25, 0.3) is 0 Å². The molecule has 0 amide bonds. The number of hydrogen-bond donors (Lipinski definition) is 2. The van der Waals surface area contributed by atoms with Crippen LogP contribution in [0.4, 0.5) is 0 Å². The van der Waals surface area contributed by atoms with E-state index in [0.29, 0.717) is 6.04 Å². The van der Waals surface area contributed by atoms with E-state index >= 15 is 0 Å². The number of likely N-dealkylation sites (N-methyl/N-ethyl adjacent to an activating group) is 1. The molecule has 3 N–H and O–H groups in total. The predicted molar refractivity (Wildman–Crippen MR) is 66.0 cm³/mol. The van der Waals surface area contributed by atoms with Gasteiger partial charge in [0.05, 0.1) is 0 Å². The Morgan fingerprint density at radius 2 is 1.93 bits per heavy atom. The fourth-order valence-corrected chi connectivity index (χ4v) is 2.45. The Morgan fingerprint density at radius 3 is 2.47 bits per heavy atom. The number of nitrogens with one attached hydrogen (secondary N) is 1. The Kier molecular flexibility index (Phi) is 6.22. The first-order valence-electron chi connectivity index (χ1n) is 6.32. The van der Waals surface area contributed by atoms with E-state index in [1.807, 2.05) is 0 Å².